The molecule has 0 saturated carbocycles. The number of ether oxygens (including phenoxy) is 1. The highest BCUT2D eigenvalue weighted by molar-refractivity contribution is 6.22. The van der Waals surface area contributed by atoms with Crippen LogP contribution in [0.15, 0.2) is 0 Å². The van der Waals surface area contributed by atoms with Gasteiger partial charge in [0.2, 0.25) is 5.91 Å². The van der Waals surface area contributed by atoms with Crippen molar-refractivity contribution in [2.24, 2.45) is 17.8 Å². The fourth-order valence-corrected chi connectivity index (χ4v) is 2.59. The zero-order valence-corrected chi connectivity index (χ0v) is 13.5. The molecule has 122 valence electrons. The predicted molar refractivity (Wildman–Crippen MR) is 75.2 cm³/mol. The molecule has 0 radical (unpaired) electrons. The molecule has 0 aliphatic carbocycles. The maximum Gasteiger partial charge on any atom is 0.416 e. The van der Waals surface area contributed by atoms with Gasteiger partial charge in [0.1, 0.15) is 6.61 Å². The van der Waals surface area contributed by atoms with Crippen LogP contribution in [0.2, 0.25) is 0 Å². The number of halogens is 3. The molecule has 4 nitrogen and oxygen atoms in total. The first-order valence-electron chi connectivity index (χ1n) is 7.09. The van der Waals surface area contributed by atoms with Crippen molar-refractivity contribution < 1.29 is 23.1 Å². The molecular formula is C14H22ClF2NO3. The SMILES string of the molecule is CC(C)CC(CC(=O)N1C(=O)OC[C@@H]1C(C)C)C(F)(F)Cl. The van der Waals surface area contributed by atoms with Gasteiger partial charge >= 0.3 is 11.5 Å². The van der Waals surface area contributed by atoms with E-state index < -0.39 is 35.8 Å². The lowest BCUT2D eigenvalue weighted by Crippen LogP contribution is -2.43. The minimum Gasteiger partial charge on any atom is -0.447 e. The quantitative estimate of drug-likeness (QED) is 0.696. The van der Waals surface area contributed by atoms with Crippen molar-refractivity contribution in [2.45, 2.75) is 52.0 Å². The van der Waals surface area contributed by atoms with Crippen LogP contribution in [0, 0.1) is 17.8 Å². The molecule has 1 rings (SSSR count). The molecule has 2 atom stereocenters. The van der Waals surface area contributed by atoms with Crippen molar-refractivity contribution in [1.82, 2.24) is 4.90 Å². The molecule has 1 heterocycles. The van der Waals surface area contributed by atoms with E-state index >= 15 is 0 Å². The topological polar surface area (TPSA) is 46.6 Å². The summed E-state index contributed by atoms with van der Waals surface area (Å²) in [6.07, 6.45) is -1.12. The fourth-order valence-electron chi connectivity index (χ4n) is 2.42. The van der Waals surface area contributed by atoms with Gasteiger partial charge in [0.15, 0.2) is 0 Å². The van der Waals surface area contributed by atoms with Crippen molar-refractivity contribution >= 4 is 23.6 Å². The van der Waals surface area contributed by atoms with Gasteiger partial charge in [0, 0.05) is 12.3 Å². The number of cyclic esters (lactones) is 1. The monoisotopic (exact) mass is 325 g/mol. The maximum absolute atomic E-state index is 13.4. The molecule has 0 N–H and O–H groups in total. The summed E-state index contributed by atoms with van der Waals surface area (Å²) in [4.78, 5) is 24.8. The third-order valence-corrected chi connectivity index (χ3v) is 3.89. The Balaban J connectivity index is 2.83. The Morgan fingerprint density at radius 3 is 2.43 bits per heavy atom. The van der Waals surface area contributed by atoms with E-state index in [1.54, 1.807) is 13.8 Å². The Hall–Kier alpha value is -0.910. The van der Waals surface area contributed by atoms with Gasteiger partial charge in [-0.1, -0.05) is 27.7 Å². The highest BCUT2D eigenvalue weighted by Gasteiger charge is 2.44. The normalized spacial score (nSPS) is 21.1. The molecule has 1 fully saturated rings. The molecule has 2 amide bonds. The first-order valence-corrected chi connectivity index (χ1v) is 7.47. The van der Waals surface area contributed by atoms with E-state index in [1.807, 2.05) is 13.8 Å². The van der Waals surface area contributed by atoms with E-state index in [9.17, 15) is 18.4 Å². The number of hydrogen-bond donors (Lipinski definition) is 0. The zero-order valence-electron chi connectivity index (χ0n) is 12.7. The first-order chi connectivity index (χ1) is 9.54. The van der Waals surface area contributed by atoms with Gasteiger partial charge in [-0.05, 0) is 29.9 Å². The van der Waals surface area contributed by atoms with Crippen LogP contribution in [-0.2, 0) is 9.53 Å². The Bertz CT molecular complexity index is 396. The molecule has 1 aliphatic heterocycles. The van der Waals surface area contributed by atoms with Crippen molar-refractivity contribution in [2.75, 3.05) is 6.61 Å². The van der Waals surface area contributed by atoms with Gasteiger partial charge in [0.05, 0.1) is 6.04 Å². The molecule has 0 aromatic heterocycles. The third-order valence-electron chi connectivity index (χ3n) is 3.58. The van der Waals surface area contributed by atoms with Crippen LogP contribution in [-0.4, -0.2) is 34.9 Å². The number of amides is 2. The van der Waals surface area contributed by atoms with Crippen LogP contribution < -0.4 is 0 Å². The van der Waals surface area contributed by atoms with E-state index in [0.717, 1.165) is 4.90 Å². The summed E-state index contributed by atoms with van der Waals surface area (Å²) in [6, 6.07) is -0.409. The molecule has 0 aromatic carbocycles. The minimum absolute atomic E-state index is 0.000426. The third kappa shape index (κ3) is 4.80. The summed E-state index contributed by atoms with van der Waals surface area (Å²) in [6.45, 7) is 7.35. The highest BCUT2D eigenvalue weighted by atomic mass is 35.5. The zero-order chi connectivity index (χ0) is 16.4. The lowest BCUT2D eigenvalue weighted by Gasteiger charge is -2.27. The average molecular weight is 326 g/mol. The second-order valence-electron chi connectivity index (χ2n) is 6.22. The van der Waals surface area contributed by atoms with Crippen LogP contribution in [0.5, 0.6) is 0 Å². The van der Waals surface area contributed by atoms with Gasteiger partial charge in [-0.3, -0.25) is 4.79 Å². The van der Waals surface area contributed by atoms with Crippen molar-refractivity contribution in [3.05, 3.63) is 0 Å². The highest BCUT2D eigenvalue weighted by Crippen LogP contribution is 2.37. The summed E-state index contributed by atoms with van der Waals surface area (Å²) in [5.41, 5.74) is 0. The summed E-state index contributed by atoms with van der Waals surface area (Å²) in [5, 5.41) is -3.48. The molecule has 7 heteroatoms. The van der Waals surface area contributed by atoms with Crippen LogP contribution in [0.25, 0.3) is 0 Å². The van der Waals surface area contributed by atoms with Gasteiger partial charge in [0.25, 0.3) is 0 Å². The summed E-state index contributed by atoms with van der Waals surface area (Å²) >= 11 is 5.11. The van der Waals surface area contributed by atoms with E-state index in [2.05, 4.69) is 0 Å². The Morgan fingerprint density at radius 1 is 1.43 bits per heavy atom. The van der Waals surface area contributed by atoms with Crippen molar-refractivity contribution in [3.8, 4) is 0 Å². The number of hydrogen-bond acceptors (Lipinski definition) is 3. The Kier molecular flexibility index (Phi) is 5.96. The number of rotatable bonds is 6. The Morgan fingerprint density at radius 2 is 2.00 bits per heavy atom. The van der Waals surface area contributed by atoms with Crippen LogP contribution in [0.1, 0.15) is 40.5 Å². The van der Waals surface area contributed by atoms with Gasteiger partial charge in [-0.2, -0.15) is 8.78 Å². The second kappa shape index (κ2) is 6.90. The van der Waals surface area contributed by atoms with Crippen LogP contribution in [0.4, 0.5) is 13.6 Å². The van der Waals surface area contributed by atoms with E-state index in [0.29, 0.717) is 0 Å². The summed E-state index contributed by atoms with van der Waals surface area (Å²) in [5.74, 6) is -1.98. The number of alkyl halides is 3. The largest absolute Gasteiger partial charge is 0.447 e. The molecular weight excluding hydrogens is 304 g/mol. The Labute approximate surface area is 128 Å². The molecule has 1 unspecified atom stereocenters. The number of carbonyl (C=O) groups excluding carboxylic acids is 2. The van der Waals surface area contributed by atoms with Gasteiger partial charge in [-0.25, -0.2) is 9.69 Å². The van der Waals surface area contributed by atoms with Gasteiger partial charge in [-0.15, -0.1) is 0 Å². The lowest BCUT2D eigenvalue weighted by atomic mass is 9.93. The van der Waals surface area contributed by atoms with E-state index in [-0.39, 0.29) is 24.9 Å². The van der Waals surface area contributed by atoms with Crippen molar-refractivity contribution in [1.29, 1.82) is 0 Å². The second-order valence-corrected chi connectivity index (χ2v) is 6.73. The predicted octanol–water partition coefficient (Wildman–Crippen LogP) is 3.87. The van der Waals surface area contributed by atoms with Crippen LogP contribution >= 0.6 is 11.6 Å². The fraction of sp³-hybridized carbons (Fsp3) is 0.857. The molecule has 0 bridgehead atoms. The lowest BCUT2D eigenvalue weighted by molar-refractivity contribution is -0.133. The number of carbonyl (C=O) groups is 2. The average Bonchev–Trinajstić information content (AvgIpc) is 2.68. The molecule has 0 spiro atoms. The standard InChI is InChI=1S/C14H22ClF2NO3/c1-8(2)5-10(14(15,16)17)6-12(19)18-11(9(3)4)7-21-13(18)20/h8-11H,5-7H2,1-4H3/t10?,11-/m1/s1. The number of nitrogens with zero attached hydrogens (tertiary/aromatic N) is 1. The van der Waals surface area contributed by atoms with E-state index in [4.69, 9.17) is 16.3 Å². The molecule has 1 aliphatic rings. The molecule has 1 saturated heterocycles. The number of imide groups is 1. The van der Waals surface area contributed by atoms with Gasteiger partial charge < -0.3 is 4.74 Å². The smallest absolute Gasteiger partial charge is 0.416 e. The van der Waals surface area contributed by atoms with Crippen molar-refractivity contribution in [3.63, 3.8) is 0 Å². The maximum atomic E-state index is 13.4. The molecule has 21 heavy (non-hydrogen) atoms. The first kappa shape index (κ1) is 18.1. The summed E-state index contributed by atoms with van der Waals surface area (Å²) in [7, 11) is 0. The summed E-state index contributed by atoms with van der Waals surface area (Å²) < 4.78 is 31.7. The van der Waals surface area contributed by atoms with E-state index in [1.165, 1.54) is 0 Å². The minimum atomic E-state index is -3.48. The van der Waals surface area contributed by atoms with Crippen LogP contribution in [0.3, 0.4) is 0 Å². The molecule has 0 aromatic rings.